The zero-order valence-corrected chi connectivity index (χ0v) is 13.3. The SMILES string of the molecule is COc1c(F)cc2c(c1F)n(-c1ccc(Br)cc1)c(=O)n2C. The van der Waals surface area contributed by atoms with E-state index in [1.165, 1.54) is 23.3 Å². The molecule has 1 heterocycles. The molecular formula is C15H11BrF2N2O2. The molecule has 4 nitrogen and oxygen atoms in total. The molecule has 1 aromatic heterocycles. The highest BCUT2D eigenvalue weighted by Crippen LogP contribution is 2.30. The number of benzene rings is 2. The molecule has 7 heteroatoms. The number of methoxy groups -OCH3 is 1. The Balaban J connectivity index is 2.47. The molecule has 0 saturated heterocycles. The summed E-state index contributed by atoms with van der Waals surface area (Å²) in [5.74, 6) is -2.27. The average Bonchev–Trinajstić information content (AvgIpc) is 2.74. The van der Waals surface area contributed by atoms with Crippen LogP contribution >= 0.6 is 15.9 Å². The molecule has 0 N–H and O–H groups in total. The molecule has 22 heavy (non-hydrogen) atoms. The summed E-state index contributed by atoms with van der Waals surface area (Å²) in [6, 6.07) is 7.90. The monoisotopic (exact) mass is 368 g/mol. The third kappa shape index (κ3) is 2.04. The van der Waals surface area contributed by atoms with Crippen molar-refractivity contribution >= 4 is 27.0 Å². The Labute approximate surface area is 132 Å². The van der Waals surface area contributed by atoms with Crippen LogP contribution in [0.25, 0.3) is 16.7 Å². The lowest BCUT2D eigenvalue weighted by Crippen LogP contribution is -2.20. The van der Waals surface area contributed by atoms with Gasteiger partial charge in [-0.25, -0.2) is 13.6 Å². The van der Waals surface area contributed by atoms with Gasteiger partial charge in [0.25, 0.3) is 0 Å². The zero-order valence-electron chi connectivity index (χ0n) is 11.7. The first-order valence-corrected chi connectivity index (χ1v) is 7.14. The number of halogens is 3. The highest BCUT2D eigenvalue weighted by Gasteiger charge is 2.22. The Bertz CT molecular complexity index is 930. The fourth-order valence-electron chi connectivity index (χ4n) is 2.41. The Morgan fingerprint density at radius 2 is 1.82 bits per heavy atom. The van der Waals surface area contributed by atoms with Crippen LogP contribution in [0.3, 0.4) is 0 Å². The summed E-state index contributed by atoms with van der Waals surface area (Å²) in [7, 11) is 2.64. The molecule has 0 saturated carbocycles. The zero-order chi connectivity index (χ0) is 16.0. The molecule has 0 unspecified atom stereocenters. The van der Waals surface area contributed by atoms with Crippen LogP contribution in [-0.2, 0) is 7.05 Å². The molecule has 0 atom stereocenters. The van der Waals surface area contributed by atoms with Crippen molar-refractivity contribution in [3.8, 4) is 11.4 Å². The second-order valence-corrected chi connectivity index (χ2v) is 5.64. The Hall–Kier alpha value is -2.15. The van der Waals surface area contributed by atoms with Gasteiger partial charge in [0.1, 0.15) is 5.52 Å². The summed E-state index contributed by atoms with van der Waals surface area (Å²) in [5.41, 5.74) is 0.145. The summed E-state index contributed by atoms with van der Waals surface area (Å²) in [6.45, 7) is 0. The van der Waals surface area contributed by atoms with E-state index in [4.69, 9.17) is 4.74 Å². The Kier molecular flexibility index (Phi) is 3.52. The maximum Gasteiger partial charge on any atom is 0.333 e. The molecular weight excluding hydrogens is 358 g/mol. The minimum Gasteiger partial charge on any atom is -0.491 e. The van der Waals surface area contributed by atoms with E-state index in [9.17, 15) is 13.6 Å². The van der Waals surface area contributed by atoms with Gasteiger partial charge in [0.05, 0.1) is 18.3 Å². The number of aromatic nitrogens is 2. The minimum atomic E-state index is -0.905. The molecule has 0 aliphatic rings. The van der Waals surface area contributed by atoms with Gasteiger partial charge < -0.3 is 4.74 Å². The highest BCUT2D eigenvalue weighted by molar-refractivity contribution is 9.10. The number of hydrogen-bond donors (Lipinski definition) is 0. The van der Waals surface area contributed by atoms with E-state index < -0.39 is 23.1 Å². The number of nitrogens with zero attached hydrogens (tertiary/aromatic N) is 2. The smallest absolute Gasteiger partial charge is 0.333 e. The van der Waals surface area contributed by atoms with Gasteiger partial charge in [0.2, 0.25) is 0 Å². The molecule has 0 radical (unpaired) electrons. The number of imidazole rings is 1. The fraction of sp³-hybridized carbons (Fsp3) is 0.133. The third-order valence-corrected chi connectivity index (χ3v) is 4.01. The number of fused-ring (bicyclic) bond motifs is 1. The Morgan fingerprint density at radius 1 is 1.18 bits per heavy atom. The van der Waals surface area contributed by atoms with Crippen molar-refractivity contribution in [2.45, 2.75) is 0 Å². The van der Waals surface area contributed by atoms with Gasteiger partial charge >= 0.3 is 5.69 Å². The van der Waals surface area contributed by atoms with Crippen molar-refractivity contribution in [2.24, 2.45) is 7.05 Å². The van der Waals surface area contributed by atoms with Crippen LogP contribution in [0.1, 0.15) is 0 Å². The van der Waals surface area contributed by atoms with Gasteiger partial charge in [-0.05, 0) is 24.3 Å². The predicted molar refractivity (Wildman–Crippen MR) is 82.7 cm³/mol. The molecule has 2 aromatic carbocycles. The van der Waals surface area contributed by atoms with Crippen LogP contribution in [0, 0.1) is 11.6 Å². The first kappa shape index (κ1) is 14.8. The van der Waals surface area contributed by atoms with E-state index in [1.807, 2.05) is 0 Å². The molecule has 0 aliphatic heterocycles. The topological polar surface area (TPSA) is 36.2 Å². The Morgan fingerprint density at radius 3 is 2.41 bits per heavy atom. The molecule has 3 rings (SSSR count). The minimum absolute atomic E-state index is 0.0203. The summed E-state index contributed by atoms with van der Waals surface area (Å²) in [5, 5.41) is 0. The summed E-state index contributed by atoms with van der Waals surface area (Å²) >= 11 is 3.30. The van der Waals surface area contributed by atoms with E-state index in [2.05, 4.69) is 15.9 Å². The standard InChI is InChI=1S/C15H11BrF2N2O2/c1-19-11-7-10(17)14(22-2)12(18)13(11)20(15(19)21)9-5-3-8(16)4-6-9/h3-7H,1-2H3. The van der Waals surface area contributed by atoms with Crippen LogP contribution in [0.2, 0.25) is 0 Å². The van der Waals surface area contributed by atoms with Crippen molar-refractivity contribution in [2.75, 3.05) is 7.11 Å². The maximum atomic E-state index is 14.6. The summed E-state index contributed by atoms with van der Waals surface area (Å²) in [4.78, 5) is 12.4. The number of aryl methyl sites for hydroxylation is 1. The van der Waals surface area contributed by atoms with Crippen LogP contribution in [-0.4, -0.2) is 16.2 Å². The molecule has 0 aliphatic carbocycles. The van der Waals surface area contributed by atoms with Crippen molar-refractivity contribution in [3.05, 3.63) is 56.9 Å². The van der Waals surface area contributed by atoms with E-state index >= 15 is 0 Å². The van der Waals surface area contributed by atoms with Gasteiger partial charge in [-0.15, -0.1) is 0 Å². The van der Waals surface area contributed by atoms with Gasteiger partial charge in [0.15, 0.2) is 17.4 Å². The van der Waals surface area contributed by atoms with Crippen LogP contribution < -0.4 is 10.4 Å². The molecule has 0 amide bonds. The molecule has 0 spiro atoms. The van der Waals surface area contributed by atoms with Crippen molar-refractivity contribution < 1.29 is 13.5 Å². The van der Waals surface area contributed by atoms with Crippen molar-refractivity contribution in [1.82, 2.24) is 9.13 Å². The van der Waals surface area contributed by atoms with Crippen molar-refractivity contribution in [3.63, 3.8) is 0 Å². The average molecular weight is 369 g/mol. The second kappa shape index (κ2) is 5.24. The third-order valence-electron chi connectivity index (χ3n) is 3.48. The van der Waals surface area contributed by atoms with E-state index in [0.717, 1.165) is 10.5 Å². The lowest BCUT2D eigenvalue weighted by atomic mass is 10.2. The first-order chi connectivity index (χ1) is 10.5. The van der Waals surface area contributed by atoms with Gasteiger partial charge in [-0.1, -0.05) is 15.9 Å². The van der Waals surface area contributed by atoms with Crippen LogP contribution in [0.4, 0.5) is 8.78 Å². The molecule has 0 bridgehead atoms. The predicted octanol–water partition coefficient (Wildman–Crippen LogP) is 3.38. The lowest BCUT2D eigenvalue weighted by molar-refractivity contribution is 0.362. The van der Waals surface area contributed by atoms with Gasteiger partial charge in [-0.3, -0.25) is 9.13 Å². The van der Waals surface area contributed by atoms with E-state index in [1.54, 1.807) is 24.3 Å². The quantitative estimate of drug-likeness (QED) is 0.695. The molecule has 114 valence electrons. The van der Waals surface area contributed by atoms with E-state index in [0.29, 0.717) is 5.69 Å². The molecule has 0 fully saturated rings. The normalized spacial score (nSPS) is 11.1. The number of rotatable bonds is 2. The number of ether oxygens (including phenoxy) is 1. The lowest BCUT2D eigenvalue weighted by Gasteiger charge is -2.08. The summed E-state index contributed by atoms with van der Waals surface area (Å²) in [6.07, 6.45) is 0. The van der Waals surface area contributed by atoms with Gasteiger partial charge in [-0.2, -0.15) is 0 Å². The first-order valence-electron chi connectivity index (χ1n) is 6.35. The van der Waals surface area contributed by atoms with Crippen LogP contribution in [0.5, 0.6) is 5.75 Å². The van der Waals surface area contributed by atoms with E-state index in [-0.39, 0.29) is 11.0 Å². The number of hydrogen-bond acceptors (Lipinski definition) is 2. The largest absolute Gasteiger partial charge is 0.491 e. The maximum absolute atomic E-state index is 14.6. The van der Waals surface area contributed by atoms with Crippen LogP contribution in [0.15, 0.2) is 39.6 Å². The molecule has 3 aromatic rings. The van der Waals surface area contributed by atoms with Gasteiger partial charge in [0, 0.05) is 17.6 Å². The highest BCUT2D eigenvalue weighted by atomic mass is 79.9. The second-order valence-electron chi connectivity index (χ2n) is 4.73. The fourth-order valence-corrected chi connectivity index (χ4v) is 2.68. The summed E-state index contributed by atoms with van der Waals surface area (Å²) < 4.78 is 36.4. The van der Waals surface area contributed by atoms with Crippen molar-refractivity contribution in [1.29, 1.82) is 0 Å².